The first-order valence-electron chi connectivity index (χ1n) is 5.03. The second kappa shape index (κ2) is 6.10. The van der Waals surface area contributed by atoms with Gasteiger partial charge < -0.3 is 15.8 Å². The van der Waals surface area contributed by atoms with Crippen LogP contribution in [0.1, 0.15) is 12.5 Å². The molecule has 1 aromatic carbocycles. The molecule has 6 heteroatoms. The van der Waals surface area contributed by atoms with Crippen LogP contribution < -0.4 is 15.8 Å². The van der Waals surface area contributed by atoms with Gasteiger partial charge in [0.2, 0.25) is 0 Å². The number of amides is 2. The number of hydrogen-bond acceptors (Lipinski definition) is 3. The summed E-state index contributed by atoms with van der Waals surface area (Å²) in [5.74, 6) is -1.25. The van der Waals surface area contributed by atoms with Gasteiger partial charge in [0.05, 0.1) is 11.6 Å². The monoisotopic (exact) mass is 256 g/mol. The molecule has 2 amide bonds. The number of halogens is 1. The zero-order valence-electron chi connectivity index (χ0n) is 9.33. The largest absolute Gasteiger partial charge is 0.492 e. The molecule has 0 aliphatic carbocycles. The summed E-state index contributed by atoms with van der Waals surface area (Å²) in [6.07, 6.45) is 0. The maximum absolute atomic E-state index is 10.9. The lowest BCUT2D eigenvalue weighted by molar-refractivity contribution is -0.137. The Bertz CT molecular complexity index is 435. The van der Waals surface area contributed by atoms with Crippen LogP contribution >= 0.6 is 11.6 Å². The van der Waals surface area contributed by atoms with Crippen LogP contribution in [0.3, 0.4) is 0 Å². The third-order valence-electron chi connectivity index (χ3n) is 1.97. The molecule has 1 rings (SSSR count). The van der Waals surface area contributed by atoms with E-state index in [0.717, 1.165) is 5.56 Å². The molecule has 0 atom stereocenters. The van der Waals surface area contributed by atoms with Gasteiger partial charge in [0, 0.05) is 6.54 Å². The van der Waals surface area contributed by atoms with E-state index >= 15 is 0 Å². The summed E-state index contributed by atoms with van der Waals surface area (Å²) in [5, 5.41) is 2.82. The summed E-state index contributed by atoms with van der Waals surface area (Å²) < 4.78 is 5.26. The van der Waals surface area contributed by atoms with Crippen LogP contribution in [0.4, 0.5) is 0 Å². The Balaban J connectivity index is 2.64. The van der Waals surface area contributed by atoms with Crippen LogP contribution in [0.5, 0.6) is 5.75 Å². The number of ether oxygens (including phenoxy) is 1. The van der Waals surface area contributed by atoms with Crippen molar-refractivity contribution in [1.82, 2.24) is 5.32 Å². The molecule has 0 unspecified atom stereocenters. The first-order chi connectivity index (χ1) is 8.04. The molecule has 0 aromatic heterocycles. The lowest BCUT2D eigenvalue weighted by Crippen LogP contribution is -2.35. The molecule has 0 radical (unpaired) electrons. The van der Waals surface area contributed by atoms with Crippen LogP contribution in [-0.2, 0) is 16.1 Å². The molecule has 0 saturated heterocycles. The average Bonchev–Trinajstić information content (AvgIpc) is 2.29. The van der Waals surface area contributed by atoms with E-state index < -0.39 is 11.8 Å². The molecule has 5 nitrogen and oxygen atoms in total. The predicted molar refractivity (Wildman–Crippen MR) is 63.7 cm³/mol. The molecule has 1 aromatic rings. The Morgan fingerprint density at radius 1 is 1.47 bits per heavy atom. The van der Waals surface area contributed by atoms with E-state index in [-0.39, 0.29) is 6.54 Å². The van der Waals surface area contributed by atoms with Crippen molar-refractivity contribution in [1.29, 1.82) is 0 Å². The third-order valence-corrected chi connectivity index (χ3v) is 2.27. The summed E-state index contributed by atoms with van der Waals surface area (Å²) in [4.78, 5) is 21.4. The molecule has 92 valence electrons. The minimum Gasteiger partial charge on any atom is -0.492 e. The van der Waals surface area contributed by atoms with E-state index in [2.05, 4.69) is 5.32 Å². The molecule has 3 N–H and O–H groups in total. The zero-order valence-corrected chi connectivity index (χ0v) is 10.1. The van der Waals surface area contributed by atoms with Crippen molar-refractivity contribution in [3.63, 3.8) is 0 Å². The minimum absolute atomic E-state index is 0.188. The van der Waals surface area contributed by atoms with Crippen molar-refractivity contribution < 1.29 is 14.3 Å². The molecular formula is C11H13ClN2O3. The Kier molecular flexibility index (Phi) is 4.78. The molecular weight excluding hydrogens is 244 g/mol. The fourth-order valence-electron chi connectivity index (χ4n) is 1.20. The number of carbonyl (C=O) groups excluding carboxylic acids is 2. The Morgan fingerprint density at radius 3 is 2.71 bits per heavy atom. The lowest BCUT2D eigenvalue weighted by Gasteiger charge is -2.08. The Labute approximate surface area is 104 Å². The maximum atomic E-state index is 10.9. The normalized spacial score (nSPS) is 9.76. The Hall–Kier alpha value is -1.75. The van der Waals surface area contributed by atoms with E-state index in [1.165, 1.54) is 0 Å². The standard InChI is InChI=1S/C11H13ClN2O3/c1-2-17-9-4-3-7(5-8(9)12)6-14-11(16)10(13)15/h3-5H,2,6H2,1H3,(H2,13,15)(H,14,16). The van der Waals surface area contributed by atoms with Gasteiger partial charge in [-0.15, -0.1) is 0 Å². The van der Waals surface area contributed by atoms with E-state index in [0.29, 0.717) is 17.4 Å². The fourth-order valence-corrected chi connectivity index (χ4v) is 1.45. The quantitative estimate of drug-likeness (QED) is 0.784. The molecule has 0 bridgehead atoms. The van der Waals surface area contributed by atoms with Crippen molar-refractivity contribution in [2.24, 2.45) is 5.73 Å². The van der Waals surface area contributed by atoms with Crippen LogP contribution in [-0.4, -0.2) is 18.4 Å². The molecule has 0 aliphatic rings. The SMILES string of the molecule is CCOc1ccc(CNC(=O)C(N)=O)cc1Cl. The van der Waals surface area contributed by atoms with Gasteiger partial charge in [-0.2, -0.15) is 0 Å². The van der Waals surface area contributed by atoms with Crippen LogP contribution in [0.2, 0.25) is 5.02 Å². The number of rotatable bonds is 4. The highest BCUT2D eigenvalue weighted by molar-refractivity contribution is 6.34. The van der Waals surface area contributed by atoms with Crippen LogP contribution in [0, 0.1) is 0 Å². The van der Waals surface area contributed by atoms with Gasteiger partial charge in [-0.1, -0.05) is 17.7 Å². The second-order valence-corrected chi connectivity index (χ2v) is 3.65. The molecule has 17 heavy (non-hydrogen) atoms. The highest BCUT2D eigenvalue weighted by Crippen LogP contribution is 2.25. The van der Waals surface area contributed by atoms with Crippen molar-refractivity contribution >= 4 is 23.4 Å². The number of nitrogens with one attached hydrogen (secondary N) is 1. The summed E-state index contributed by atoms with van der Waals surface area (Å²) in [6, 6.07) is 5.11. The summed E-state index contributed by atoms with van der Waals surface area (Å²) in [7, 11) is 0. The summed E-state index contributed by atoms with van der Waals surface area (Å²) >= 11 is 5.96. The highest BCUT2D eigenvalue weighted by Gasteiger charge is 2.08. The van der Waals surface area contributed by atoms with Crippen LogP contribution in [0.25, 0.3) is 0 Å². The smallest absolute Gasteiger partial charge is 0.309 e. The van der Waals surface area contributed by atoms with Crippen molar-refractivity contribution in [2.75, 3.05) is 6.61 Å². The van der Waals surface area contributed by atoms with Gasteiger partial charge in [-0.05, 0) is 24.6 Å². The highest BCUT2D eigenvalue weighted by atomic mass is 35.5. The maximum Gasteiger partial charge on any atom is 0.309 e. The fraction of sp³-hybridized carbons (Fsp3) is 0.273. The van der Waals surface area contributed by atoms with E-state index in [1.807, 2.05) is 6.92 Å². The number of nitrogens with two attached hydrogens (primary N) is 1. The van der Waals surface area contributed by atoms with Crippen molar-refractivity contribution in [2.45, 2.75) is 13.5 Å². The van der Waals surface area contributed by atoms with Crippen molar-refractivity contribution in [3.8, 4) is 5.75 Å². The van der Waals surface area contributed by atoms with Crippen LogP contribution in [0.15, 0.2) is 18.2 Å². The topological polar surface area (TPSA) is 81.4 Å². The van der Waals surface area contributed by atoms with E-state index in [1.54, 1.807) is 18.2 Å². The van der Waals surface area contributed by atoms with Gasteiger partial charge in [0.15, 0.2) is 0 Å². The minimum atomic E-state index is -1.01. The van der Waals surface area contributed by atoms with Gasteiger partial charge in [-0.3, -0.25) is 9.59 Å². The summed E-state index contributed by atoms with van der Waals surface area (Å²) in [6.45, 7) is 2.57. The molecule has 0 aliphatic heterocycles. The first-order valence-corrected chi connectivity index (χ1v) is 5.41. The van der Waals surface area contributed by atoms with Gasteiger partial charge in [0.25, 0.3) is 0 Å². The molecule has 0 fully saturated rings. The predicted octanol–water partition coefficient (Wildman–Crippen LogP) is 0.840. The Morgan fingerprint density at radius 2 is 2.18 bits per heavy atom. The lowest BCUT2D eigenvalue weighted by atomic mass is 10.2. The van der Waals surface area contributed by atoms with Gasteiger partial charge >= 0.3 is 11.8 Å². The van der Waals surface area contributed by atoms with Crippen molar-refractivity contribution in [3.05, 3.63) is 28.8 Å². The van der Waals surface area contributed by atoms with Gasteiger partial charge in [-0.25, -0.2) is 0 Å². The second-order valence-electron chi connectivity index (χ2n) is 3.24. The number of hydrogen-bond donors (Lipinski definition) is 2. The van der Waals surface area contributed by atoms with E-state index in [9.17, 15) is 9.59 Å². The first kappa shape index (κ1) is 13.3. The number of carbonyl (C=O) groups is 2. The zero-order chi connectivity index (χ0) is 12.8. The van der Waals surface area contributed by atoms with Gasteiger partial charge in [0.1, 0.15) is 5.75 Å². The molecule has 0 saturated carbocycles. The molecule has 0 spiro atoms. The average molecular weight is 257 g/mol. The third kappa shape index (κ3) is 3.96. The molecule has 0 heterocycles. The number of primary amides is 1. The number of benzene rings is 1. The summed E-state index contributed by atoms with van der Waals surface area (Å²) in [5.41, 5.74) is 5.55. The van der Waals surface area contributed by atoms with E-state index in [4.69, 9.17) is 22.1 Å².